The van der Waals surface area contributed by atoms with E-state index in [1.54, 1.807) is 0 Å². The van der Waals surface area contributed by atoms with Crippen molar-refractivity contribution in [2.24, 2.45) is 4.99 Å². The molecular formula is C8H11N. The standard InChI is InChI=1S/C8H11N/c1-7-3-4-8(2)9-6-5-7/h3-4,6H,5H2,1-2H3. The third-order valence-corrected chi connectivity index (χ3v) is 1.32. The Morgan fingerprint density at radius 2 is 2.11 bits per heavy atom. The first kappa shape index (κ1) is 6.27. The van der Waals surface area contributed by atoms with Crippen molar-refractivity contribution in [2.45, 2.75) is 20.3 Å². The summed E-state index contributed by atoms with van der Waals surface area (Å²) < 4.78 is 0. The molecule has 0 aromatic carbocycles. The van der Waals surface area contributed by atoms with Crippen molar-refractivity contribution in [2.75, 3.05) is 0 Å². The van der Waals surface area contributed by atoms with E-state index in [1.165, 1.54) is 5.57 Å². The van der Waals surface area contributed by atoms with Gasteiger partial charge in [0.15, 0.2) is 0 Å². The molecule has 1 aliphatic rings. The number of hydrogen-bond acceptors (Lipinski definition) is 1. The molecule has 0 fully saturated rings. The van der Waals surface area contributed by atoms with Gasteiger partial charge in [-0.1, -0.05) is 11.6 Å². The van der Waals surface area contributed by atoms with Crippen LogP contribution in [0.5, 0.6) is 0 Å². The molecule has 0 aliphatic carbocycles. The average molecular weight is 121 g/mol. The first-order chi connectivity index (χ1) is 4.29. The lowest BCUT2D eigenvalue weighted by Crippen LogP contribution is -1.74. The topological polar surface area (TPSA) is 12.4 Å². The van der Waals surface area contributed by atoms with Crippen LogP contribution in [0.1, 0.15) is 20.3 Å². The van der Waals surface area contributed by atoms with E-state index in [9.17, 15) is 0 Å². The number of aliphatic imine (C=N–C) groups is 1. The maximum Gasteiger partial charge on any atom is 0.0368 e. The van der Waals surface area contributed by atoms with E-state index in [2.05, 4.69) is 18.0 Å². The summed E-state index contributed by atoms with van der Waals surface area (Å²) in [6.45, 7) is 4.12. The molecule has 0 aromatic heterocycles. The minimum absolute atomic E-state index is 0.994. The quantitative estimate of drug-likeness (QED) is 0.466. The number of hydrogen-bond donors (Lipinski definition) is 0. The predicted octanol–water partition coefficient (Wildman–Crippen LogP) is 2.31. The fourth-order valence-corrected chi connectivity index (χ4v) is 0.708. The molecule has 0 unspecified atom stereocenters. The van der Waals surface area contributed by atoms with E-state index in [-0.39, 0.29) is 0 Å². The molecule has 1 rings (SSSR count). The Kier molecular flexibility index (Phi) is 1.83. The van der Waals surface area contributed by atoms with Crippen LogP contribution in [0.4, 0.5) is 0 Å². The molecule has 9 heavy (non-hydrogen) atoms. The van der Waals surface area contributed by atoms with Gasteiger partial charge in [-0.2, -0.15) is 0 Å². The summed E-state index contributed by atoms with van der Waals surface area (Å²) in [5, 5.41) is 0. The zero-order valence-corrected chi connectivity index (χ0v) is 5.89. The van der Waals surface area contributed by atoms with E-state index in [1.807, 2.05) is 19.2 Å². The van der Waals surface area contributed by atoms with Crippen molar-refractivity contribution in [3.8, 4) is 0 Å². The van der Waals surface area contributed by atoms with E-state index in [4.69, 9.17) is 0 Å². The fourth-order valence-electron chi connectivity index (χ4n) is 0.708. The lowest BCUT2D eigenvalue weighted by Gasteiger charge is -1.85. The molecule has 0 atom stereocenters. The summed E-state index contributed by atoms with van der Waals surface area (Å²) in [4.78, 5) is 4.16. The highest BCUT2D eigenvalue weighted by atomic mass is 14.7. The molecule has 0 aromatic rings. The molecule has 0 bridgehead atoms. The first-order valence-electron chi connectivity index (χ1n) is 3.15. The molecule has 0 amide bonds. The molecule has 0 N–H and O–H groups in total. The summed E-state index contributed by atoms with van der Waals surface area (Å²) in [7, 11) is 0. The molecular weight excluding hydrogens is 110 g/mol. The number of nitrogens with zero attached hydrogens (tertiary/aromatic N) is 1. The molecule has 48 valence electrons. The Bertz CT molecular complexity index is 185. The Balaban J connectivity index is 2.80. The minimum Gasteiger partial charge on any atom is -0.266 e. The summed E-state index contributed by atoms with van der Waals surface area (Å²) in [5.41, 5.74) is 2.46. The molecule has 1 heterocycles. The normalized spacial score (nSPS) is 18.4. The van der Waals surface area contributed by atoms with Crippen LogP contribution in [0.15, 0.2) is 28.4 Å². The van der Waals surface area contributed by atoms with Crippen LogP contribution in [-0.2, 0) is 0 Å². The Morgan fingerprint density at radius 3 is 2.89 bits per heavy atom. The zero-order chi connectivity index (χ0) is 6.69. The van der Waals surface area contributed by atoms with Crippen LogP contribution in [0, 0.1) is 0 Å². The monoisotopic (exact) mass is 121 g/mol. The molecule has 1 nitrogen and oxygen atoms in total. The van der Waals surface area contributed by atoms with Crippen LogP contribution in [0.25, 0.3) is 0 Å². The second-order valence-electron chi connectivity index (χ2n) is 2.34. The van der Waals surface area contributed by atoms with Crippen molar-refractivity contribution >= 4 is 6.21 Å². The Labute approximate surface area is 55.8 Å². The van der Waals surface area contributed by atoms with Crippen molar-refractivity contribution in [1.29, 1.82) is 0 Å². The maximum absolute atomic E-state index is 4.16. The highest BCUT2D eigenvalue weighted by molar-refractivity contribution is 5.63. The first-order valence-corrected chi connectivity index (χ1v) is 3.15. The second-order valence-corrected chi connectivity index (χ2v) is 2.34. The van der Waals surface area contributed by atoms with Crippen LogP contribution < -0.4 is 0 Å². The highest BCUT2D eigenvalue weighted by Crippen LogP contribution is 2.05. The van der Waals surface area contributed by atoms with Crippen LogP contribution in [0.2, 0.25) is 0 Å². The summed E-state index contributed by atoms with van der Waals surface area (Å²) >= 11 is 0. The van der Waals surface area contributed by atoms with Gasteiger partial charge >= 0.3 is 0 Å². The third-order valence-electron chi connectivity index (χ3n) is 1.32. The highest BCUT2D eigenvalue weighted by Gasteiger charge is 1.89. The van der Waals surface area contributed by atoms with Gasteiger partial charge in [-0.3, -0.25) is 4.99 Å². The average Bonchev–Trinajstić information content (AvgIpc) is 1.97. The van der Waals surface area contributed by atoms with E-state index >= 15 is 0 Å². The molecule has 1 heteroatoms. The lowest BCUT2D eigenvalue weighted by atomic mass is 10.2. The van der Waals surface area contributed by atoms with E-state index < -0.39 is 0 Å². The van der Waals surface area contributed by atoms with Crippen LogP contribution in [-0.4, -0.2) is 6.21 Å². The van der Waals surface area contributed by atoms with Gasteiger partial charge in [-0.05, 0) is 19.9 Å². The lowest BCUT2D eigenvalue weighted by molar-refractivity contribution is 1.28. The van der Waals surface area contributed by atoms with Gasteiger partial charge in [-0.15, -0.1) is 0 Å². The summed E-state index contributed by atoms with van der Waals surface area (Å²) in [6.07, 6.45) is 7.10. The Morgan fingerprint density at radius 1 is 1.33 bits per heavy atom. The molecule has 0 radical (unpaired) electrons. The number of rotatable bonds is 0. The minimum atomic E-state index is 0.994. The van der Waals surface area contributed by atoms with Gasteiger partial charge in [-0.25, -0.2) is 0 Å². The van der Waals surface area contributed by atoms with Crippen molar-refractivity contribution in [3.63, 3.8) is 0 Å². The number of allylic oxidation sites excluding steroid dienone is 4. The predicted molar refractivity (Wildman–Crippen MR) is 40.6 cm³/mol. The van der Waals surface area contributed by atoms with Gasteiger partial charge in [0.05, 0.1) is 0 Å². The largest absolute Gasteiger partial charge is 0.266 e. The van der Waals surface area contributed by atoms with Gasteiger partial charge in [0, 0.05) is 18.3 Å². The van der Waals surface area contributed by atoms with Gasteiger partial charge in [0.1, 0.15) is 0 Å². The smallest absolute Gasteiger partial charge is 0.0368 e. The SMILES string of the molecule is CC1=CC=C(C)N=CC1. The summed E-state index contributed by atoms with van der Waals surface area (Å²) in [6, 6.07) is 0. The van der Waals surface area contributed by atoms with Crippen LogP contribution in [0.3, 0.4) is 0 Å². The molecule has 1 aliphatic heterocycles. The van der Waals surface area contributed by atoms with Crippen molar-refractivity contribution in [1.82, 2.24) is 0 Å². The van der Waals surface area contributed by atoms with E-state index in [0.717, 1.165) is 12.1 Å². The zero-order valence-electron chi connectivity index (χ0n) is 5.89. The second kappa shape index (κ2) is 2.62. The van der Waals surface area contributed by atoms with Crippen molar-refractivity contribution in [3.05, 3.63) is 23.4 Å². The summed E-state index contributed by atoms with van der Waals surface area (Å²) in [5.74, 6) is 0. The molecule has 0 saturated heterocycles. The van der Waals surface area contributed by atoms with Gasteiger partial charge in [0.25, 0.3) is 0 Å². The van der Waals surface area contributed by atoms with Crippen molar-refractivity contribution < 1.29 is 0 Å². The van der Waals surface area contributed by atoms with Crippen LogP contribution >= 0.6 is 0 Å². The molecule has 0 spiro atoms. The van der Waals surface area contributed by atoms with Gasteiger partial charge < -0.3 is 0 Å². The Hall–Kier alpha value is -0.850. The van der Waals surface area contributed by atoms with E-state index in [0.29, 0.717) is 0 Å². The molecule has 0 saturated carbocycles. The fraction of sp³-hybridized carbons (Fsp3) is 0.375. The maximum atomic E-state index is 4.16. The third kappa shape index (κ3) is 1.84. The van der Waals surface area contributed by atoms with Gasteiger partial charge in [0.2, 0.25) is 0 Å².